The van der Waals surface area contributed by atoms with Gasteiger partial charge < -0.3 is 4.90 Å². The maximum Gasteiger partial charge on any atom is 0.256 e. The number of aromatic nitrogens is 4. The zero-order valence-corrected chi connectivity index (χ0v) is 15.3. The van der Waals surface area contributed by atoms with Gasteiger partial charge in [-0.3, -0.25) is 19.6 Å². The van der Waals surface area contributed by atoms with Crippen molar-refractivity contribution in [2.24, 2.45) is 0 Å². The summed E-state index contributed by atoms with van der Waals surface area (Å²) in [6.07, 6.45) is 3.22. The number of para-hydroxylation sites is 1. The fraction of sp³-hybridized carbons (Fsp3) is 0.316. The molecule has 0 radical (unpaired) electrons. The van der Waals surface area contributed by atoms with Crippen LogP contribution >= 0.6 is 0 Å². The fourth-order valence-electron chi connectivity index (χ4n) is 3.16. The quantitative estimate of drug-likeness (QED) is 0.687. The second-order valence-corrected chi connectivity index (χ2v) is 6.41. The lowest BCUT2D eigenvalue weighted by Gasteiger charge is -2.21. The van der Waals surface area contributed by atoms with Crippen molar-refractivity contribution in [2.45, 2.75) is 13.8 Å². The van der Waals surface area contributed by atoms with Crippen molar-refractivity contribution in [3.05, 3.63) is 53.6 Å². The third kappa shape index (κ3) is 3.56. The summed E-state index contributed by atoms with van der Waals surface area (Å²) in [4.78, 5) is 38.1. The van der Waals surface area contributed by atoms with E-state index in [2.05, 4.69) is 19.9 Å². The summed E-state index contributed by atoms with van der Waals surface area (Å²) in [6.45, 7) is 5.70. The molecule has 0 unspecified atom stereocenters. The molecule has 4 rings (SSSR count). The van der Waals surface area contributed by atoms with Crippen LogP contribution < -0.4 is 5.06 Å². The number of fused-ring (bicyclic) bond motifs is 1. The summed E-state index contributed by atoms with van der Waals surface area (Å²) < 4.78 is 0. The summed E-state index contributed by atoms with van der Waals surface area (Å²) >= 11 is 0. The molecule has 0 spiro atoms. The van der Waals surface area contributed by atoms with Crippen LogP contribution in [0.4, 0.5) is 5.95 Å². The number of rotatable bonds is 2. The van der Waals surface area contributed by atoms with Crippen molar-refractivity contribution >= 4 is 22.9 Å². The van der Waals surface area contributed by atoms with Gasteiger partial charge in [0.25, 0.3) is 5.91 Å². The summed E-state index contributed by atoms with van der Waals surface area (Å²) in [6, 6.07) is 7.38. The number of carbonyl (C=O) groups excluding carboxylic acids is 1. The summed E-state index contributed by atoms with van der Waals surface area (Å²) in [5.74, 6) is 0.450. The molecule has 1 aliphatic heterocycles. The topological polar surface area (TPSA) is 84.3 Å². The molecule has 1 aromatic carbocycles. The monoisotopic (exact) mass is 364 g/mol. The Bertz CT molecular complexity index is 967. The van der Waals surface area contributed by atoms with Crippen LogP contribution in [0, 0.1) is 13.8 Å². The Kier molecular flexibility index (Phi) is 4.64. The van der Waals surface area contributed by atoms with Crippen molar-refractivity contribution < 1.29 is 9.63 Å². The highest BCUT2D eigenvalue weighted by molar-refractivity contribution is 6.04. The van der Waals surface area contributed by atoms with Gasteiger partial charge in [0.2, 0.25) is 5.95 Å². The maximum absolute atomic E-state index is 13.1. The number of hydrogen-bond donors (Lipinski definition) is 0. The predicted octanol–water partition coefficient (Wildman–Crippen LogP) is 1.93. The molecule has 27 heavy (non-hydrogen) atoms. The fourth-order valence-corrected chi connectivity index (χ4v) is 3.16. The Morgan fingerprint density at radius 3 is 2.63 bits per heavy atom. The molecule has 3 aromatic rings. The molecule has 2 aromatic heterocycles. The van der Waals surface area contributed by atoms with Crippen molar-refractivity contribution in [2.75, 3.05) is 31.3 Å². The number of aryl methyl sites for hydroxylation is 2. The first-order valence-electron chi connectivity index (χ1n) is 8.83. The second-order valence-electron chi connectivity index (χ2n) is 6.41. The lowest BCUT2D eigenvalue weighted by Crippen LogP contribution is -2.36. The highest BCUT2D eigenvalue weighted by Crippen LogP contribution is 2.18. The zero-order chi connectivity index (χ0) is 18.8. The van der Waals surface area contributed by atoms with Gasteiger partial charge in [0.15, 0.2) is 0 Å². The lowest BCUT2D eigenvalue weighted by molar-refractivity contribution is 0.0731. The number of nitrogens with zero attached hydrogens (tertiary/aromatic N) is 6. The van der Waals surface area contributed by atoms with Gasteiger partial charge in [-0.25, -0.2) is 15.0 Å². The Morgan fingerprint density at radius 2 is 1.81 bits per heavy atom. The molecule has 8 heteroatoms. The van der Waals surface area contributed by atoms with Gasteiger partial charge >= 0.3 is 0 Å². The minimum atomic E-state index is -0.0760. The van der Waals surface area contributed by atoms with Crippen molar-refractivity contribution in [3.63, 3.8) is 0 Å². The number of carbonyl (C=O) groups is 1. The number of hydrogen-bond acceptors (Lipinski definition) is 7. The first kappa shape index (κ1) is 17.3. The van der Waals surface area contributed by atoms with Crippen LogP contribution in [-0.2, 0) is 4.84 Å². The number of hydroxylamine groups is 1. The van der Waals surface area contributed by atoms with E-state index in [0.717, 1.165) is 11.4 Å². The van der Waals surface area contributed by atoms with Gasteiger partial charge in [0.05, 0.1) is 24.2 Å². The Labute approximate surface area is 156 Å². The summed E-state index contributed by atoms with van der Waals surface area (Å²) in [5, 5.41) is 1.66. The number of anilines is 1. The highest BCUT2D eigenvalue weighted by Gasteiger charge is 2.24. The summed E-state index contributed by atoms with van der Waals surface area (Å²) in [7, 11) is 0. The van der Waals surface area contributed by atoms with E-state index in [0.29, 0.717) is 48.8 Å². The van der Waals surface area contributed by atoms with Crippen LogP contribution in [0.5, 0.6) is 0 Å². The van der Waals surface area contributed by atoms with Gasteiger partial charge in [-0.2, -0.15) is 0 Å². The van der Waals surface area contributed by atoms with Crippen molar-refractivity contribution in [1.29, 1.82) is 0 Å². The number of amides is 1. The van der Waals surface area contributed by atoms with Crippen LogP contribution in [0.25, 0.3) is 11.0 Å². The van der Waals surface area contributed by atoms with E-state index >= 15 is 0 Å². The number of benzene rings is 1. The predicted molar refractivity (Wildman–Crippen MR) is 100 cm³/mol. The van der Waals surface area contributed by atoms with E-state index in [1.807, 2.05) is 32.0 Å². The third-order valence-corrected chi connectivity index (χ3v) is 4.39. The standard InChI is InChI=1S/C19H20N6O2/c1-13-12-14(2)23-19(22-13)25-9-8-24(10-11-27-25)18(26)15-4-3-5-16-17(15)21-7-6-20-16/h3-7,12H,8-11H2,1-2H3. The smallest absolute Gasteiger partial charge is 0.256 e. The van der Waals surface area contributed by atoms with E-state index in [9.17, 15) is 4.79 Å². The Hall–Kier alpha value is -3.13. The van der Waals surface area contributed by atoms with Gasteiger partial charge in [0.1, 0.15) is 5.52 Å². The minimum Gasteiger partial charge on any atom is -0.334 e. The molecule has 1 saturated heterocycles. The average Bonchev–Trinajstić information content (AvgIpc) is 2.92. The molecule has 1 aliphatic rings. The molecule has 0 bridgehead atoms. The van der Waals surface area contributed by atoms with Crippen molar-refractivity contribution in [1.82, 2.24) is 24.8 Å². The van der Waals surface area contributed by atoms with Crippen LogP contribution in [0.2, 0.25) is 0 Å². The molecule has 0 N–H and O–H groups in total. The SMILES string of the molecule is Cc1cc(C)nc(N2CCN(C(=O)c3cccc4nccnc34)CCO2)n1. The maximum atomic E-state index is 13.1. The van der Waals surface area contributed by atoms with E-state index < -0.39 is 0 Å². The molecule has 8 nitrogen and oxygen atoms in total. The Morgan fingerprint density at radius 1 is 1.04 bits per heavy atom. The molecule has 0 aliphatic carbocycles. The molecule has 0 atom stereocenters. The first-order chi connectivity index (χ1) is 13.1. The van der Waals surface area contributed by atoms with Gasteiger partial charge in [0, 0.05) is 36.9 Å². The van der Waals surface area contributed by atoms with E-state index in [1.165, 1.54) is 0 Å². The zero-order valence-electron chi connectivity index (χ0n) is 15.3. The van der Waals surface area contributed by atoms with Crippen molar-refractivity contribution in [3.8, 4) is 0 Å². The van der Waals surface area contributed by atoms with E-state index in [-0.39, 0.29) is 5.91 Å². The van der Waals surface area contributed by atoms with Crippen LogP contribution in [0.1, 0.15) is 21.7 Å². The molecule has 1 fully saturated rings. The first-order valence-corrected chi connectivity index (χ1v) is 8.83. The van der Waals surface area contributed by atoms with E-state index in [1.54, 1.807) is 28.4 Å². The lowest BCUT2D eigenvalue weighted by atomic mass is 10.1. The van der Waals surface area contributed by atoms with Crippen LogP contribution in [0.3, 0.4) is 0 Å². The molecule has 0 saturated carbocycles. The average molecular weight is 364 g/mol. The third-order valence-electron chi connectivity index (χ3n) is 4.39. The molecular formula is C19H20N6O2. The van der Waals surface area contributed by atoms with E-state index in [4.69, 9.17) is 4.84 Å². The van der Waals surface area contributed by atoms with Crippen LogP contribution in [0.15, 0.2) is 36.7 Å². The Balaban J connectivity index is 1.55. The molecule has 138 valence electrons. The van der Waals surface area contributed by atoms with Gasteiger partial charge in [-0.15, -0.1) is 0 Å². The molecule has 1 amide bonds. The second kappa shape index (κ2) is 7.24. The largest absolute Gasteiger partial charge is 0.334 e. The normalized spacial score (nSPS) is 15.0. The molecular weight excluding hydrogens is 344 g/mol. The van der Waals surface area contributed by atoms with Gasteiger partial charge in [-0.1, -0.05) is 6.07 Å². The van der Waals surface area contributed by atoms with Gasteiger partial charge in [-0.05, 0) is 32.0 Å². The highest BCUT2D eigenvalue weighted by atomic mass is 16.7. The summed E-state index contributed by atoms with van der Waals surface area (Å²) in [5.41, 5.74) is 3.64. The van der Waals surface area contributed by atoms with Crippen LogP contribution in [-0.4, -0.2) is 57.0 Å². The minimum absolute atomic E-state index is 0.0760. The molecule has 3 heterocycles.